The summed E-state index contributed by atoms with van der Waals surface area (Å²) in [6.07, 6.45) is 2.77. The van der Waals surface area contributed by atoms with Crippen molar-refractivity contribution in [1.29, 1.82) is 0 Å². The lowest BCUT2D eigenvalue weighted by Crippen LogP contribution is -2.46. The van der Waals surface area contributed by atoms with Crippen LogP contribution in [-0.4, -0.2) is 35.9 Å². The Hall–Kier alpha value is -1.85. The predicted octanol–water partition coefficient (Wildman–Crippen LogP) is 0.302. The Kier molecular flexibility index (Phi) is 3.41. The molecule has 0 amide bonds. The van der Waals surface area contributed by atoms with Crippen LogP contribution in [0.3, 0.4) is 0 Å². The molecule has 1 aliphatic heterocycles. The maximum absolute atomic E-state index is 11.7. The third-order valence-corrected chi connectivity index (χ3v) is 2.93. The van der Waals surface area contributed by atoms with Crippen molar-refractivity contribution in [3.8, 4) is 0 Å². The van der Waals surface area contributed by atoms with Gasteiger partial charge in [0.25, 0.3) is 5.56 Å². The molecule has 1 aromatic rings. The van der Waals surface area contributed by atoms with Gasteiger partial charge >= 0.3 is 5.97 Å². The van der Waals surface area contributed by atoms with Crippen molar-refractivity contribution >= 4 is 11.8 Å². The molecule has 0 aliphatic carbocycles. The van der Waals surface area contributed by atoms with E-state index < -0.39 is 0 Å². The first-order valence-electron chi connectivity index (χ1n) is 5.62. The summed E-state index contributed by atoms with van der Waals surface area (Å²) in [5, 5.41) is 6.32. The van der Waals surface area contributed by atoms with Crippen LogP contribution in [0.15, 0.2) is 16.9 Å². The first kappa shape index (κ1) is 11.6. The van der Waals surface area contributed by atoms with Gasteiger partial charge in [0.1, 0.15) is 11.9 Å². The molecule has 2 rings (SSSR count). The van der Waals surface area contributed by atoms with Gasteiger partial charge in [-0.15, -0.1) is 0 Å². The molecule has 1 saturated heterocycles. The number of methoxy groups -OCH3 is 1. The summed E-state index contributed by atoms with van der Waals surface area (Å²) in [7, 11) is 1.38. The van der Waals surface area contributed by atoms with Crippen LogP contribution < -0.4 is 10.5 Å². The van der Waals surface area contributed by atoms with E-state index in [-0.39, 0.29) is 17.6 Å². The van der Waals surface area contributed by atoms with Crippen molar-refractivity contribution in [2.45, 2.75) is 25.3 Å². The standard InChI is InChI=1S/C11H15N3O3/c1-17-11(16)8-4-2-3-7-14(8)9-5-6-10(15)13-12-9/h5-6,8H,2-4,7H2,1H3,(H,13,15). The van der Waals surface area contributed by atoms with Crippen molar-refractivity contribution in [1.82, 2.24) is 10.2 Å². The van der Waals surface area contributed by atoms with Gasteiger partial charge in [0.15, 0.2) is 0 Å². The van der Waals surface area contributed by atoms with Crippen molar-refractivity contribution in [2.24, 2.45) is 0 Å². The number of carbonyl (C=O) groups excluding carboxylic acids is 1. The molecule has 1 fully saturated rings. The number of rotatable bonds is 2. The molecule has 0 aromatic carbocycles. The van der Waals surface area contributed by atoms with E-state index >= 15 is 0 Å². The molecule has 0 saturated carbocycles. The van der Waals surface area contributed by atoms with Crippen molar-refractivity contribution < 1.29 is 9.53 Å². The fraction of sp³-hybridized carbons (Fsp3) is 0.545. The largest absolute Gasteiger partial charge is 0.467 e. The average molecular weight is 237 g/mol. The van der Waals surface area contributed by atoms with Gasteiger partial charge in [0.2, 0.25) is 0 Å². The molecule has 2 heterocycles. The highest BCUT2D eigenvalue weighted by Gasteiger charge is 2.30. The number of aromatic nitrogens is 2. The van der Waals surface area contributed by atoms with Gasteiger partial charge in [0, 0.05) is 12.6 Å². The first-order chi connectivity index (χ1) is 8.22. The number of aromatic amines is 1. The highest BCUT2D eigenvalue weighted by atomic mass is 16.5. The third-order valence-electron chi connectivity index (χ3n) is 2.93. The number of carbonyl (C=O) groups is 1. The Balaban J connectivity index is 2.24. The van der Waals surface area contributed by atoms with Gasteiger partial charge < -0.3 is 9.64 Å². The molecule has 1 unspecified atom stereocenters. The van der Waals surface area contributed by atoms with Crippen LogP contribution in [0.5, 0.6) is 0 Å². The molecule has 0 bridgehead atoms. The lowest BCUT2D eigenvalue weighted by molar-refractivity contribution is -0.142. The summed E-state index contributed by atoms with van der Waals surface area (Å²) in [6.45, 7) is 0.749. The monoisotopic (exact) mass is 237 g/mol. The molecule has 17 heavy (non-hydrogen) atoms. The highest BCUT2D eigenvalue weighted by molar-refractivity contribution is 5.79. The van der Waals surface area contributed by atoms with E-state index in [9.17, 15) is 9.59 Å². The second-order valence-electron chi connectivity index (χ2n) is 4.01. The highest BCUT2D eigenvalue weighted by Crippen LogP contribution is 2.22. The number of H-pyrrole nitrogens is 1. The van der Waals surface area contributed by atoms with Gasteiger partial charge in [0.05, 0.1) is 7.11 Å². The summed E-state index contributed by atoms with van der Waals surface area (Å²) in [5.41, 5.74) is -0.250. The summed E-state index contributed by atoms with van der Waals surface area (Å²) < 4.78 is 4.78. The van der Waals surface area contributed by atoms with Crippen LogP contribution in [0.25, 0.3) is 0 Å². The molecule has 0 spiro atoms. The van der Waals surface area contributed by atoms with Crippen molar-refractivity contribution in [3.63, 3.8) is 0 Å². The van der Waals surface area contributed by atoms with Gasteiger partial charge in [-0.25, -0.2) is 9.89 Å². The molecule has 1 atom stereocenters. The molecular weight excluding hydrogens is 222 g/mol. The van der Waals surface area contributed by atoms with E-state index in [1.54, 1.807) is 6.07 Å². The Morgan fingerprint density at radius 1 is 1.53 bits per heavy atom. The molecule has 1 N–H and O–H groups in total. The Bertz CT molecular complexity index is 437. The van der Waals surface area contributed by atoms with E-state index in [1.807, 2.05) is 4.90 Å². The van der Waals surface area contributed by atoms with Crippen LogP contribution in [0, 0.1) is 0 Å². The lowest BCUT2D eigenvalue weighted by atomic mass is 10.0. The van der Waals surface area contributed by atoms with Crippen LogP contribution in [0.2, 0.25) is 0 Å². The summed E-state index contributed by atoms with van der Waals surface area (Å²) in [4.78, 5) is 24.5. The van der Waals surface area contributed by atoms with E-state index in [2.05, 4.69) is 10.2 Å². The Labute approximate surface area is 98.6 Å². The topological polar surface area (TPSA) is 75.3 Å². The molecule has 1 aliphatic rings. The lowest BCUT2D eigenvalue weighted by Gasteiger charge is -2.34. The number of hydrogen-bond donors (Lipinski definition) is 1. The van der Waals surface area contributed by atoms with Crippen LogP contribution in [0.4, 0.5) is 5.82 Å². The molecule has 92 valence electrons. The second kappa shape index (κ2) is 4.99. The summed E-state index contributed by atoms with van der Waals surface area (Å²) in [6, 6.07) is 2.73. The SMILES string of the molecule is COC(=O)C1CCCCN1c1ccc(=O)[nH]n1. The minimum absolute atomic E-state index is 0.250. The minimum Gasteiger partial charge on any atom is -0.467 e. The number of piperidine rings is 1. The van der Waals surface area contributed by atoms with Crippen LogP contribution in [-0.2, 0) is 9.53 Å². The maximum atomic E-state index is 11.7. The van der Waals surface area contributed by atoms with Crippen molar-refractivity contribution in [3.05, 3.63) is 22.5 Å². The summed E-state index contributed by atoms with van der Waals surface area (Å²) in [5.74, 6) is 0.359. The third kappa shape index (κ3) is 2.46. The average Bonchev–Trinajstić information content (AvgIpc) is 2.39. The van der Waals surface area contributed by atoms with Gasteiger partial charge in [-0.2, -0.15) is 5.10 Å². The number of nitrogens with zero attached hydrogens (tertiary/aromatic N) is 2. The summed E-state index contributed by atoms with van der Waals surface area (Å²) >= 11 is 0. The smallest absolute Gasteiger partial charge is 0.328 e. The van der Waals surface area contributed by atoms with E-state index in [1.165, 1.54) is 13.2 Å². The van der Waals surface area contributed by atoms with Gasteiger partial charge in [-0.3, -0.25) is 4.79 Å². The van der Waals surface area contributed by atoms with Crippen molar-refractivity contribution in [2.75, 3.05) is 18.6 Å². The number of hydrogen-bond acceptors (Lipinski definition) is 5. The first-order valence-corrected chi connectivity index (χ1v) is 5.62. The molecule has 1 aromatic heterocycles. The Morgan fingerprint density at radius 2 is 2.35 bits per heavy atom. The molecule has 6 nitrogen and oxygen atoms in total. The molecular formula is C11H15N3O3. The number of anilines is 1. The van der Waals surface area contributed by atoms with Gasteiger partial charge in [-0.1, -0.05) is 0 Å². The normalized spacial score (nSPS) is 20.1. The zero-order chi connectivity index (χ0) is 12.3. The minimum atomic E-state index is -0.299. The maximum Gasteiger partial charge on any atom is 0.328 e. The molecule has 0 radical (unpaired) electrons. The van der Waals surface area contributed by atoms with Gasteiger partial charge in [-0.05, 0) is 25.3 Å². The predicted molar refractivity (Wildman–Crippen MR) is 61.9 cm³/mol. The van der Waals surface area contributed by atoms with E-state index in [0.29, 0.717) is 5.82 Å². The van der Waals surface area contributed by atoms with E-state index in [4.69, 9.17) is 4.74 Å². The van der Waals surface area contributed by atoms with Crippen LogP contribution in [0.1, 0.15) is 19.3 Å². The van der Waals surface area contributed by atoms with E-state index in [0.717, 1.165) is 25.8 Å². The number of esters is 1. The second-order valence-corrected chi connectivity index (χ2v) is 4.01. The number of nitrogens with one attached hydrogen (secondary N) is 1. The molecule has 6 heteroatoms. The fourth-order valence-corrected chi connectivity index (χ4v) is 2.08. The Morgan fingerprint density at radius 3 is 3.00 bits per heavy atom. The quantitative estimate of drug-likeness (QED) is 0.749. The zero-order valence-electron chi connectivity index (χ0n) is 9.68. The fourth-order valence-electron chi connectivity index (χ4n) is 2.08. The number of ether oxygens (including phenoxy) is 1. The van der Waals surface area contributed by atoms with Crippen LogP contribution >= 0.6 is 0 Å². The zero-order valence-corrected chi connectivity index (χ0v) is 9.68.